The Bertz CT molecular complexity index is 508. The number of nitrogens with zero attached hydrogens (tertiary/aromatic N) is 3. The Kier molecular flexibility index (Phi) is 4.16. The van der Waals surface area contributed by atoms with Crippen LogP contribution in [0.25, 0.3) is 0 Å². The topological polar surface area (TPSA) is 50.2 Å². The molecule has 1 aliphatic rings. The fraction of sp³-hybridized carbons (Fsp3) is 0.692. The number of halogens is 1. The van der Waals surface area contributed by atoms with Gasteiger partial charge in [0.15, 0.2) is 0 Å². The van der Waals surface area contributed by atoms with Crippen molar-refractivity contribution in [3.8, 4) is 0 Å². The summed E-state index contributed by atoms with van der Waals surface area (Å²) in [6.07, 6.45) is 5.08. The van der Waals surface area contributed by atoms with E-state index >= 15 is 0 Å². The minimum atomic E-state index is -0.226. The van der Waals surface area contributed by atoms with Gasteiger partial charge in [-0.2, -0.15) is 5.10 Å². The lowest BCUT2D eigenvalue weighted by Crippen LogP contribution is -2.42. The van der Waals surface area contributed by atoms with Crippen LogP contribution in [0.3, 0.4) is 0 Å². The molecule has 0 radical (unpaired) electrons. The third kappa shape index (κ3) is 3.28. The number of nitrogens with one attached hydrogen (secondary N) is 1. The maximum atomic E-state index is 12.1. The van der Waals surface area contributed by atoms with Gasteiger partial charge in [0.2, 0.25) is 0 Å². The van der Waals surface area contributed by atoms with E-state index < -0.39 is 0 Å². The molecule has 19 heavy (non-hydrogen) atoms. The first kappa shape index (κ1) is 14.3. The zero-order chi connectivity index (χ0) is 14.0. The van der Waals surface area contributed by atoms with Crippen molar-refractivity contribution in [2.45, 2.75) is 38.3 Å². The van der Waals surface area contributed by atoms with Crippen molar-refractivity contribution in [1.29, 1.82) is 0 Å². The fourth-order valence-corrected chi connectivity index (χ4v) is 2.36. The monoisotopic (exact) mass is 284 g/mol. The summed E-state index contributed by atoms with van der Waals surface area (Å²) in [6, 6.07) is 0. The second-order valence-electron chi connectivity index (χ2n) is 5.74. The Morgan fingerprint density at radius 2 is 2.21 bits per heavy atom. The molecule has 1 aliphatic carbocycles. The highest BCUT2D eigenvalue weighted by Gasteiger charge is 2.32. The Morgan fingerprint density at radius 3 is 2.74 bits per heavy atom. The van der Waals surface area contributed by atoms with Crippen molar-refractivity contribution in [2.75, 3.05) is 26.0 Å². The van der Waals surface area contributed by atoms with E-state index in [9.17, 15) is 4.79 Å². The van der Waals surface area contributed by atoms with Gasteiger partial charge >= 0.3 is 0 Å². The lowest BCUT2D eigenvalue weighted by molar-refractivity contribution is 0.306. The molecule has 106 valence electrons. The minimum Gasteiger partial charge on any atom is -0.377 e. The molecular formula is C13H21ClN4O. The van der Waals surface area contributed by atoms with Crippen LogP contribution in [0.2, 0.25) is 5.02 Å². The molecule has 0 aromatic carbocycles. The highest BCUT2D eigenvalue weighted by atomic mass is 35.5. The summed E-state index contributed by atoms with van der Waals surface area (Å²) in [6.45, 7) is 3.45. The van der Waals surface area contributed by atoms with Crippen LogP contribution in [-0.4, -0.2) is 40.9 Å². The van der Waals surface area contributed by atoms with Crippen LogP contribution in [0.15, 0.2) is 11.0 Å². The average Bonchev–Trinajstić information content (AvgIpc) is 2.32. The summed E-state index contributed by atoms with van der Waals surface area (Å²) >= 11 is 6.15. The Morgan fingerprint density at radius 1 is 1.53 bits per heavy atom. The number of anilines is 1. The predicted octanol–water partition coefficient (Wildman–Crippen LogP) is 1.81. The molecule has 0 spiro atoms. The van der Waals surface area contributed by atoms with E-state index in [1.165, 1.54) is 11.1 Å². The van der Waals surface area contributed by atoms with Crippen molar-refractivity contribution in [3.05, 3.63) is 21.6 Å². The molecule has 6 heteroatoms. The van der Waals surface area contributed by atoms with E-state index in [2.05, 4.69) is 17.3 Å². The standard InChI is InChI=1S/C13H21ClN4O/c1-13(5-4-6-13)16-10-9-15-18(8-7-17(2)3)12(19)11(10)14/h9,16H,4-8H2,1-3H3. The predicted molar refractivity (Wildman–Crippen MR) is 77.9 cm³/mol. The molecule has 1 aromatic heterocycles. The lowest BCUT2D eigenvalue weighted by Gasteiger charge is -2.40. The van der Waals surface area contributed by atoms with Crippen LogP contribution in [0.1, 0.15) is 26.2 Å². The average molecular weight is 285 g/mol. The third-order valence-electron chi connectivity index (χ3n) is 3.64. The van der Waals surface area contributed by atoms with Crippen LogP contribution >= 0.6 is 11.6 Å². The van der Waals surface area contributed by atoms with Crippen molar-refractivity contribution < 1.29 is 0 Å². The first-order chi connectivity index (χ1) is 8.91. The van der Waals surface area contributed by atoms with E-state index in [0.717, 1.165) is 19.4 Å². The molecule has 5 nitrogen and oxygen atoms in total. The lowest BCUT2D eigenvalue weighted by atomic mass is 9.78. The van der Waals surface area contributed by atoms with Crippen LogP contribution in [-0.2, 0) is 6.54 Å². The molecule has 1 N–H and O–H groups in total. The SMILES string of the molecule is CN(C)CCn1ncc(NC2(C)CCC2)c(Cl)c1=O. The van der Waals surface area contributed by atoms with Gasteiger partial charge in [-0.3, -0.25) is 4.79 Å². The van der Waals surface area contributed by atoms with Gasteiger partial charge in [-0.05, 0) is 40.3 Å². The van der Waals surface area contributed by atoms with E-state index in [0.29, 0.717) is 12.2 Å². The van der Waals surface area contributed by atoms with E-state index in [4.69, 9.17) is 11.6 Å². The maximum absolute atomic E-state index is 12.1. The summed E-state index contributed by atoms with van der Waals surface area (Å²) in [7, 11) is 3.92. The molecule has 1 aromatic rings. The van der Waals surface area contributed by atoms with Crippen molar-refractivity contribution >= 4 is 17.3 Å². The Labute approximate surface area is 118 Å². The van der Waals surface area contributed by atoms with Crippen LogP contribution in [0.4, 0.5) is 5.69 Å². The summed E-state index contributed by atoms with van der Waals surface area (Å²) in [5.74, 6) is 0. The number of hydrogen-bond donors (Lipinski definition) is 1. The zero-order valence-corrected chi connectivity index (χ0v) is 12.5. The van der Waals surface area contributed by atoms with Crippen LogP contribution < -0.4 is 10.9 Å². The second kappa shape index (κ2) is 5.51. The first-order valence-corrected chi connectivity index (χ1v) is 6.98. The van der Waals surface area contributed by atoms with E-state index in [1.807, 2.05) is 19.0 Å². The van der Waals surface area contributed by atoms with Gasteiger partial charge in [0, 0.05) is 12.1 Å². The number of likely N-dealkylation sites (N-methyl/N-ethyl adjacent to an activating group) is 1. The van der Waals surface area contributed by atoms with Crippen molar-refractivity contribution in [3.63, 3.8) is 0 Å². The van der Waals surface area contributed by atoms with Gasteiger partial charge in [-0.1, -0.05) is 11.6 Å². The molecule has 0 aliphatic heterocycles. The first-order valence-electron chi connectivity index (χ1n) is 6.60. The molecule has 1 saturated carbocycles. The van der Waals surface area contributed by atoms with Gasteiger partial charge in [-0.25, -0.2) is 4.68 Å². The van der Waals surface area contributed by atoms with E-state index in [-0.39, 0.29) is 16.1 Å². The second-order valence-corrected chi connectivity index (χ2v) is 6.12. The number of rotatable bonds is 5. The molecule has 0 bridgehead atoms. The molecule has 0 atom stereocenters. The van der Waals surface area contributed by atoms with Crippen molar-refractivity contribution in [1.82, 2.24) is 14.7 Å². The van der Waals surface area contributed by atoms with Crippen LogP contribution in [0, 0.1) is 0 Å². The zero-order valence-electron chi connectivity index (χ0n) is 11.7. The third-order valence-corrected chi connectivity index (χ3v) is 4.00. The largest absolute Gasteiger partial charge is 0.377 e. The molecule has 0 saturated heterocycles. The molecule has 1 heterocycles. The maximum Gasteiger partial charge on any atom is 0.287 e. The quantitative estimate of drug-likeness (QED) is 0.896. The molecule has 0 unspecified atom stereocenters. The van der Waals surface area contributed by atoms with Gasteiger partial charge in [0.25, 0.3) is 5.56 Å². The highest BCUT2D eigenvalue weighted by Crippen LogP contribution is 2.35. The molecule has 0 amide bonds. The van der Waals surface area contributed by atoms with Crippen molar-refractivity contribution in [2.24, 2.45) is 0 Å². The van der Waals surface area contributed by atoms with Crippen LogP contribution in [0.5, 0.6) is 0 Å². The number of hydrogen-bond acceptors (Lipinski definition) is 4. The smallest absolute Gasteiger partial charge is 0.287 e. The normalized spacial score (nSPS) is 17.3. The summed E-state index contributed by atoms with van der Waals surface area (Å²) in [4.78, 5) is 14.1. The minimum absolute atomic E-state index is 0.0631. The Hall–Kier alpha value is -1.07. The summed E-state index contributed by atoms with van der Waals surface area (Å²) < 4.78 is 1.41. The van der Waals surface area contributed by atoms with Gasteiger partial charge in [-0.15, -0.1) is 0 Å². The number of aromatic nitrogens is 2. The Balaban J connectivity index is 2.15. The molecule has 1 fully saturated rings. The van der Waals surface area contributed by atoms with Gasteiger partial charge in [0.1, 0.15) is 5.02 Å². The summed E-state index contributed by atoms with van der Waals surface area (Å²) in [5, 5.41) is 7.76. The molecular weight excluding hydrogens is 264 g/mol. The summed E-state index contributed by atoms with van der Waals surface area (Å²) in [5.41, 5.74) is 0.486. The fourth-order valence-electron chi connectivity index (χ4n) is 2.16. The van der Waals surface area contributed by atoms with Gasteiger partial charge < -0.3 is 10.2 Å². The van der Waals surface area contributed by atoms with Gasteiger partial charge in [0.05, 0.1) is 18.4 Å². The highest BCUT2D eigenvalue weighted by molar-refractivity contribution is 6.32. The molecule has 2 rings (SSSR count). The van der Waals surface area contributed by atoms with E-state index in [1.54, 1.807) is 6.20 Å².